The molecule has 0 aliphatic rings. The zero-order valence-corrected chi connectivity index (χ0v) is 15.9. The molecule has 5 nitrogen and oxygen atoms in total. The fourth-order valence-electron chi connectivity index (χ4n) is 2.17. The molecule has 0 bridgehead atoms. The number of nitrogens with one attached hydrogen (secondary N) is 1. The third-order valence-electron chi connectivity index (χ3n) is 3.60. The first-order valence-electron chi connectivity index (χ1n) is 7.93. The van der Waals surface area contributed by atoms with Gasteiger partial charge in [-0.15, -0.1) is 0 Å². The maximum atomic E-state index is 12.1. The van der Waals surface area contributed by atoms with E-state index in [9.17, 15) is 9.59 Å². The van der Waals surface area contributed by atoms with Crippen molar-refractivity contribution in [1.82, 2.24) is 0 Å². The van der Waals surface area contributed by atoms with Gasteiger partial charge in [-0.25, -0.2) is 4.79 Å². The molecule has 1 amide bonds. The zero-order chi connectivity index (χ0) is 19.3. The number of rotatable bonds is 7. The van der Waals surface area contributed by atoms with E-state index >= 15 is 0 Å². The standard InChI is InChI=1S/C19H19Cl2NO4/c1-19(2,18(24)25)26-16-6-3-12(4-7-16)5-8-17(23)22-15-10-13(20)9-14(21)11-15/h3-4,6-7,9-11H,5,8H2,1-2H3,(H,22,23)(H,24,25). The summed E-state index contributed by atoms with van der Waals surface area (Å²) in [6.07, 6.45) is 0.813. The number of aliphatic carboxylic acids is 1. The van der Waals surface area contributed by atoms with Crippen LogP contribution in [0.1, 0.15) is 25.8 Å². The lowest BCUT2D eigenvalue weighted by molar-refractivity contribution is -0.152. The lowest BCUT2D eigenvalue weighted by Gasteiger charge is -2.21. The molecule has 138 valence electrons. The normalized spacial score (nSPS) is 11.1. The van der Waals surface area contributed by atoms with Gasteiger partial charge in [0.25, 0.3) is 0 Å². The molecule has 2 aromatic carbocycles. The Morgan fingerprint density at radius 2 is 1.65 bits per heavy atom. The van der Waals surface area contributed by atoms with Crippen molar-refractivity contribution in [1.29, 1.82) is 0 Å². The summed E-state index contributed by atoms with van der Waals surface area (Å²) in [6, 6.07) is 11.8. The summed E-state index contributed by atoms with van der Waals surface area (Å²) in [5.74, 6) is -0.741. The molecule has 0 unspecified atom stereocenters. The van der Waals surface area contributed by atoms with Crippen molar-refractivity contribution in [2.24, 2.45) is 0 Å². The molecule has 2 rings (SSSR count). The highest BCUT2D eigenvalue weighted by Gasteiger charge is 2.29. The Morgan fingerprint density at radius 3 is 2.19 bits per heavy atom. The van der Waals surface area contributed by atoms with Crippen LogP contribution in [0.2, 0.25) is 10.0 Å². The second-order valence-electron chi connectivity index (χ2n) is 6.27. The highest BCUT2D eigenvalue weighted by atomic mass is 35.5. The van der Waals surface area contributed by atoms with Crippen molar-refractivity contribution in [3.63, 3.8) is 0 Å². The van der Waals surface area contributed by atoms with Crippen molar-refractivity contribution in [2.45, 2.75) is 32.3 Å². The topological polar surface area (TPSA) is 75.6 Å². The monoisotopic (exact) mass is 395 g/mol. The van der Waals surface area contributed by atoms with Crippen molar-refractivity contribution >= 4 is 40.8 Å². The van der Waals surface area contributed by atoms with Gasteiger partial charge < -0.3 is 15.2 Å². The molecule has 0 fully saturated rings. The van der Waals surface area contributed by atoms with Gasteiger partial charge in [-0.05, 0) is 56.2 Å². The van der Waals surface area contributed by atoms with Crippen LogP contribution in [0.5, 0.6) is 5.75 Å². The van der Waals surface area contributed by atoms with E-state index in [1.807, 2.05) is 0 Å². The summed E-state index contributed by atoms with van der Waals surface area (Å²) in [4.78, 5) is 23.1. The van der Waals surface area contributed by atoms with E-state index in [1.54, 1.807) is 42.5 Å². The van der Waals surface area contributed by atoms with E-state index in [0.717, 1.165) is 5.56 Å². The van der Waals surface area contributed by atoms with Crippen LogP contribution in [0.4, 0.5) is 5.69 Å². The smallest absolute Gasteiger partial charge is 0.347 e. The van der Waals surface area contributed by atoms with Crippen LogP contribution in [-0.4, -0.2) is 22.6 Å². The number of carbonyl (C=O) groups is 2. The second kappa shape index (κ2) is 8.43. The minimum absolute atomic E-state index is 0.157. The molecular formula is C19H19Cl2NO4. The molecule has 0 heterocycles. The summed E-state index contributed by atoms with van der Waals surface area (Å²) in [5.41, 5.74) is 0.177. The number of carbonyl (C=O) groups excluding carboxylic acids is 1. The summed E-state index contributed by atoms with van der Waals surface area (Å²) in [6.45, 7) is 2.96. The van der Waals surface area contributed by atoms with E-state index in [1.165, 1.54) is 13.8 Å². The minimum Gasteiger partial charge on any atom is -0.478 e. The van der Waals surface area contributed by atoms with Crippen LogP contribution in [-0.2, 0) is 16.0 Å². The van der Waals surface area contributed by atoms with Gasteiger partial charge in [0.2, 0.25) is 5.91 Å². The molecule has 0 aliphatic heterocycles. The number of carboxylic acids is 1. The highest BCUT2D eigenvalue weighted by molar-refractivity contribution is 6.35. The van der Waals surface area contributed by atoms with Gasteiger partial charge in [-0.1, -0.05) is 35.3 Å². The first-order chi connectivity index (χ1) is 12.2. The Morgan fingerprint density at radius 1 is 1.08 bits per heavy atom. The number of hydrogen-bond donors (Lipinski definition) is 2. The van der Waals surface area contributed by atoms with Gasteiger partial charge in [0, 0.05) is 22.2 Å². The van der Waals surface area contributed by atoms with Crippen LogP contribution in [0.3, 0.4) is 0 Å². The first-order valence-corrected chi connectivity index (χ1v) is 8.68. The molecule has 26 heavy (non-hydrogen) atoms. The minimum atomic E-state index is -1.31. The number of ether oxygens (including phenoxy) is 1. The molecule has 0 aromatic heterocycles. The molecule has 0 saturated carbocycles. The van der Waals surface area contributed by atoms with Gasteiger partial charge in [0.15, 0.2) is 5.60 Å². The lowest BCUT2D eigenvalue weighted by atomic mass is 10.1. The van der Waals surface area contributed by atoms with E-state index in [2.05, 4.69) is 5.32 Å². The van der Waals surface area contributed by atoms with Crippen LogP contribution in [0.15, 0.2) is 42.5 Å². The second-order valence-corrected chi connectivity index (χ2v) is 7.14. The quantitative estimate of drug-likeness (QED) is 0.705. The van der Waals surface area contributed by atoms with Crippen molar-refractivity contribution in [2.75, 3.05) is 5.32 Å². The molecule has 0 saturated heterocycles. The largest absolute Gasteiger partial charge is 0.478 e. The number of hydrogen-bond acceptors (Lipinski definition) is 3. The third kappa shape index (κ3) is 5.93. The maximum absolute atomic E-state index is 12.1. The van der Waals surface area contributed by atoms with E-state index in [-0.39, 0.29) is 12.3 Å². The van der Waals surface area contributed by atoms with Gasteiger partial charge in [0.05, 0.1) is 0 Å². The van der Waals surface area contributed by atoms with Crippen molar-refractivity contribution < 1.29 is 19.4 Å². The predicted octanol–water partition coefficient (Wildman–Crippen LogP) is 4.81. The lowest BCUT2D eigenvalue weighted by Crippen LogP contribution is -2.37. The molecule has 2 aromatic rings. The van der Waals surface area contributed by atoms with Crippen LogP contribution < -0.4 is 10.1 Å². The molecule has 0 radical (unpaired) electrons. The summed E-state index contributed by atoms with van der Waals surface area (Å²) in [7, 11) is 0. The Bertz CT molecular complexity index is 783. The fourth-order valence-corrected chi connectivity index (χ4v) is 2.70. The molecule has 0 atom stereocenters. The molecule has 7 heteroatoms. The summed E-state index contributed by atoms with van der Waals surface area (Å²) < 4.78 is 5.44. The molecular weight excluding hydrogens is 377 g/mol. The Balaban J connectivity index is 1.89. The number of amides is 1. The maximum Gasteiger partial charge on any atom is 0.347 e. The van der Waals surface area contributed by atoms with Gasteiger partial charge in [-0.3, -0.25) is 4.79 Å². The third-order valence-corrected chi connectivity index (χ3v) is 4.03. The Kier molecular flexibility index (Phi) is 6.51. The average Bonchev–Trinajstić information content (AvgIpc) is 2.52. The molecule has 0 aliphatic carbocycles. The molecule has 2 N–H and O–H groups in total. The Hall–Kier alpha value is -2.24. The number of halogens is 2. The van der Waals surface area contributed by atoms with E-state index in [0.29, 0.717) is 27.9 Å². The van der Waals surface area contributed by atoms with E-state index < -0.39 is 11.6 Å². The fraction of sp³-hybridized carbons (Fsp3) is 0.263. The SMILES string of the molecule is CC(C)(Oc1ccc(CCC(=O)Nc2cc(Cl)cc(Cl)c2)cc1)C(=O)O. The van der Waals surface area contributed by atoms with Gasteiger partial charge in [0.1, 0.15) is 5.75 Å². The van der Waals surface area contributed by atoms with Crippen molar-refractivity contribution in [3.8, 4) is 5.75 Å². The van der Waals surface area contributed by atoms with Crippen LogP contribution in [0.25, 0.3) is 0 Å². The summed E-state index contributed by atoms with van der Waals surface area (Å²) in [5, 5.41) is 12.7. The average molecular weight is 396 g/mol. The van der Waals surface area contributed by atoms with E-state index in [4.69, 9.17) is 33.0 Å². The van der Waals surface area contributed by atoms with Crippen LogP contribution in [0, 0.1) is 0 Å². The molecule has 0 spiro atoms. The zero-order valence-electron chi connectivity index (χ0n) is 14.4. The number of benzene rings is 2. The summed E-state index contributed by atoms with van der Waals surface area (Å²) >= 11 is 11.8. The highest BCUT2D eigenvalue weighted by Crippen LogP contribution is 2.23. The first kappa shape index (κ1) is 20.1. The number of carboxylic acid groups (broad SMARTS) is 1. The van der Waals surface area contributed by atoms with Crippen molar-refractivity contribution in [3.05, 3.63) is 58.1 Å². The van der Waals surface area contributed by atoms with Gasteiger partial charge in [-0.2, -0.15) is 0 Å². The predicted molar refractivity (Wildman–Crippen MR) is 102 cm³/mol. The Labute approximate surface area is 161 Å². The van der Waals surface area contributed by atoms with Gasteiger partial charge >= 0.3 is 5.97 Å². The number of anilines is 1. The number of aryl methyl sites for hydroxylation is 1. The van der Waals surface area contributed by atoms with Crippen LogP contribution >= 0.6 is 23.2 Å².